The number of carbonyl (C=O) groups is 3. The number of rotatable bonds is 6. The number of aliphatic hydroxyl groups excluding tert-OH is 1. The average molecular weight is 280 g/mol. The number of anilines is 1. The Morgan fingerprint density at radius 1 is 1.30 bits per heavy atom. The van der Waals surface area contributed by atoms with Gasteiger partial charge >= 0.3 is 12.0 Å². The van der Waals surface area contributed by atoms with Gasteiger partial charge in [-0.3, -0.25) is 4.79 Å². The molecule has 0 unspecified atom stereocenters. The number of carboxylic acid groups (broad SMARTS) is 1. The van der Waals surface area contributed by atoms with Crippen LogP contribution in [0, 0.1) is 0 Å². The number of carboxylic acids is 1. The first-order valence-electron chi connectivity index (χ1n) is 5.97. The van der Waals surface area contributed by atoms with Crippen molar-refractivity contribution in [1.82, 2.24) is 5.32 Å². The quantitative estimate of drug-likeness (QED) is 0.576. The van der Waals surface area contributed by atoms with Crippen LogP contribution in [-0.4, -0.2) is 40.6 Å². The Morgan fingerprint density at radius 2 is 2.00 bits per heavy atom. The summed E-state index contributed by atoms with van der Waals surface area (Å²) in [6, 6.07) is 5.89. The van der Waals surface area contributed by atoms with Crippen LogP contribution in [-0.2, 0) is 4.79 Å². The molecule has 1 aromatic carbocycles. The largest absolute Gasteiger partial charge is 0.479 e. The summed E-state index contributed by atoms with van der Waals surface area (Å²) in [6.45, 7) is 1.44. The molecule has 20 heavy (non-hydrogen) atoms. The van der Waals surface area contributed by atoms with E-state index in [9.17, 15) is 14.4 Å². The lowest BCUT2D eigenvalue weighted by molar-refractivity contribution is -0.146. The Morgan fingerprint density at radius 3 is 2.60 bits per heavy atom. The lowest BCUT2D eigenvalue weighted by Crippen LogP contribution is -2.33. The molecule has 0 bridgehead atoms. The maximum Gasteiger partial charge on any atom is 0.332 e. The lowest BCUT2D eigenvalue weighted by atomic mass is 10.1. The summed E-state index contributed by atoms with van der Waals surface area (Å²) in [5.74, 6) is -1.44. The van der Waals surface area contributed by atoms with Crippen molar-refractivity contribution >= 4 is 23.5 Å². The molecule has 108 valence electrons. The summed E-state index contributed by atoms with van der Waals surface area (Å²) in [5.41, 5.74) is 0.929. The average Bonchev–Trinajstić information content (AvgIpc) is 2.38. The molecule has 7 heteroatoms. The third kappa shape index (κ3) is 5.07. The molecule has 2 amide bonds. The second kappa shape index (κ2) is 7.25. The van der Waals surface area contributed by atoms with Crippen LogP contribution in [0.1, 0.15) is 23.7 Å². The van der Waals surface area contributed by atoms with Crippen molar-refractivity contribution in [1.29, 1.82) is 0 Å². The number of ketones is 1. The molecular weight excluding hydrogens is 264 g/mol. The molecule has 0 heterocycles. The number of carbonyl (C=O) groups excluding carboxylic acids is 2. The van der Waals surface area contributed by atoms with Crippen LogP contribution < -0.4 is 10.6 Å². The Labute approximate surface area is 115 Å². The fraction of sp³-hybridized carbons (Fsp3) is 0.308. The minimum absolute atomic E-state index is 0.0195. The van der Waals surface area contributed by atoms with E-state index in [0.29, 0.717) is 11.3 Å². The van der Waals surface area contributed by atoms with Crippen LogP contribution in [0.3, 0.4) is 0 Å². The van der Waals surface area contributed by atoms with Gasteiger partial charge in [0.05, 0.1) is 0 Å². The zero-order chi connectivity index (χ0) is 15.1. The van der Waals surface area contributed by atoms with Crippen molar-refractivity contribution in [2.24, 2.45) is 0 Å². The van der Waals surface area contributed by atoms with Gasteiger partial charge in [0, 0.05) is 24.2 Å². The normalized spacial score (nSPS) is 11.5. The second-order valence-electron chi connectivity index (χ2n) is 4.16. The van der Waals surface area contributed by atoms with Crippen molar-refractivity contribution in [3.8, 4) is 0 Å². The standard InChI is InChI=1S/C13H16N2O5/c1-8(16)9-3-2-4-10(7-9)15-13(20)14-6-5-11(17)12(18)19/h2-4,7,11,17H,5-6H2,1H3,(H,18,19)(H2,14,15,20)/t11-/m0/s1. The van der Waals surface area contributed by atoms with Crippen LogP contribution >= 0.6 is 0 Å². The molecule has 7 nitrogen and oxygen atoms in total. The van der Waals surface area contributed by atoms with Gasteiger partial charge in [0.1, 0.15) is 0 Å². The summed E-state index contributed by atoms with van der Waals surface area (Å²) in [5, 5.41) is 22.4. The fourth-order valence-corrected chi connectivity index (χ4v) is 1.44. The van der Waals surface area contributed by atoms with Crippen molar-refractivity contribution in [2.45, 2.75) is 19.4 Å². The zero-order valence-electron chi connectivity index (χ0n) is 10.9. The van der Waals surface area contributed by atoms with E-state index in [0.717, 1.165) is 0 Å². The SMILES string of the molecule is CC(=O)c1cccc(NC(=O)NCC[C@H](O)C(=O)O)c1. The molecule has 1 atom stereocenters. The van der Waals surface area contributed by atoms with Crippen LogP contribution in [0.15, 0.2) is 24.3 Å². The fourth-order valence-electron chi connectivity index (χ4n) is 1.44. The van der Waals surface area contributed by atoms with Crippen LogP contribution in [0.25, 0.3) is 0 Å². The topological polar surface area (TPSA) is 116 Å². The summed E-state index contributed by atoms with van der Waals surface area (Å²) < 4.78 is 0. The lowest BCUT2D eigenvalue weighted by Gasteiger charge is -2.09. The van der Waals surface area contributed by atoms with Crippen molar-refractivity contribution < 1.29 is 24.6 Å². The molecule has 1 aromatic rings. The van der Waals surface area contributed by atoms with Gasteiger partial charge in [-0.1, -0.05) is 12.1 Å². The van der Waals surface area contributed by atoms with Gasteiger partial charge in [-0.25, -0.2) is 9.59 Å². The summed E-state index contributed by atoms with van der Waals surface area (Å²) in [7, 11) is 0. The molecule has 0 saturated carbocycles. The number of Topliss-reactive ketones (excluding diaryl/α,β-unsaturated/α-hetero) is 1. The van der Waals surface area contributed by atoms with E-state index in [1.54, 1.807) is 18.2 Å². The smallest absolute Gasteiger partial charge is 0.332 e. The van der Waals surface area contributed by atoms with Gasteiger partial charge in [0.2, 0.25) is 0 Å². The third-order valence-electron chi connectivity index (χ3n) is 2.52. The van der Waals surface area contributed by atoms with E-state index in [1.807, 2.05) is 0 Å². The molecule has 1 rings (SSSR count). The predicted molar refractivity (Wildman–Crippen MR) is 71.7 cm³/mol. The highest BCUT2D eigenvalue weighted by molar-refractivity contribution is 5.96. The zero-order valence-corrected chi connectivity index (χ0v) is 10.9. The van der Waals surface area contributed by atoms with Gasteiger partial charge in [-0.15, -0.1) is 0 Å². The number of hydrogen-bond donors (Lipinski definition) is 4. The molecule has 4 N–H and O–H groups in total. The molecule has 0 fully saturated rings. The van der Waals surface area contributed by atoms with Crippen LogP contribution in [0.4, 0.5) is 10.5 Å². The number of benzene rings is 1. The van der Waals surface area contributed by atoms with Crippen molar-refractivity contribution in [3.63, 3.8) is 0 Å². The highest BCUT2D eigenvalue weighted by Crippen LogP contribution is 2.10. The molecule has 0 radical (unpaired) electrons. The van der Waals surface area contributed by atoms with E-state index in [-0.39, 0.29) is 18.7 Å². The number of aliphatic hydroxyl groups is 1. The highest BCUT2D eigenvalue weighted by atomic mass is 16.4. The van der Waals surface area contributed by atoms with Crippen molar-refractivity contribution in [2.75, 3.05) is 11.9 Å². The minimum atomic E-state index is -1.50. The molecule has 0 aliphatic rings. The third-order valence-corrected chi connectivity index (χ3v) is 2.52. The van der Waals surface area contributed by atoms with Crippen LogP contribution in [0.5, 0.6) is 0 Å². The summed E-state index contributed by atoms with van der Waals surface area (Å²) >= 11 is 0. The van der Waals surface area contributed by atoms with Gasteiger partial charge in [-0.05, 0) is 19.1 Å². The Bertz CT molecular complexity index is 515. The van der Waals surface area contributed by atoms with Gasteiger partial charge in [0.25, 0.3) is 0 Å². The molecular formula is C13H16N2O5. The number of hydrogen-bond acceptors (Lipinski definition) is 4. The van der Waals surface area contributed by atoms with Crippen molar-refractivity contribution in [3.05, 3.63) is 29.8 Å². The highest BCUT2D eigenvalue weighted by Gasteiger charge is 2.12. The van der Waals surface area contributed by atoms with Crippen LogP contribution in [0.2, 0.25) is 0 Å². The number of urea groups is 1. The minimum Gasteiger partial charge on any atom is -0.479 e. The van der Waals surface area contributed by atoms with Gasteiger partial charge in [-0.2, -0.15) is 0 Å². The van der Waals surface area contributed by atoms with E-state index in [1.165, 1.54) is 13.0 Å². The first kappa shape index (κ1) is 15.6. The summed E-state index contributed by atoms with van der Waals surface area (Å²) in [4.78, 5) is 33.0. The first-order chi connectivity index (χ1) is 9.40. The molecule has 0 aromatic heterocycles. The molecule has 0 aliphatic carbocycles. The van der Waals surface area contributed by atoms with Gasteiger partial charge in [0.15, 0.2) is 11.9 Å². The Balaban J connectivity index is 2.44. The Kier molecular flexibility index (Phi) is 5.67. The predicted octanol–water partition coefficient (Wildman–Crippen LogP) is 0.846. The second-order valence-corrected chi connectivity index (χ2v) is 4.16. The molecule has 0 saturated heterocycles. The molecule has 0 aliphatic heterocycles. The van der Waals surface area contributed by atoms with E-state index < -0.39 is 18.1 Å². The van der Waals surface area contributed by atoms with Gasteiger partial charge < -0.3 is 20.8 Å². The maximum absolute atomic E-state index is 11.5. The molecule has 0 spiro atoms. The van der Waals surface area contributed by atoms with E-state index >= 15 is 0 Å². The summed E-state index contributed by atoms with van der Waals surface area (Å²) in [6.07, 6.45) is -1.59. The monoisotopic (exact) mass is 280 g/mol. The number of amides is 2. The first-order valence-corrected chi connectivity index (χ1v) is 5.97. The Hall–Kier alpha value is -2.41. The maximum atomic E-state index is 11.5. The number of nitrogens with one attached hydrogen (secondary N) is 2. The van der Waals surface area contributed by atoms with E-state index in [4.69, 9.17) is 10.2 Å². The number of aliphatic carboxylic acids is 1. The van der Waals surface area contributed by atoms with E-state index in [2.05, 4.69) is 10.6 Å².